The molecule has 7 heteroatoms. The van der Waals surface area contributed by atoms with Crippen molar-refractivity contribution in [2.45, 2.75) is 31.2 Å². The number of hydrogen-bond donors (Lipinski definition) is 2. The van der Waals surface area contributed by atoms with Crippen molar-refractivity contribution in [2.75, 3.05) is 0 Å². The van der Waals surface area contributed by atoms with Crippen molar-refractivity contribution < 1.29 is 23.6 Å². The van der Waals surface area contributed by atoms with Gasteiger partial charge in [0.05, 0.1) is 12.6 Å². The Bertz CT molecular complexity index is 1100. The number of ether oxygens (including phenoxy) is 1. The molecule has 0 aromatic heterocycles. The van der Waals surface area contributed by atoms with E-state index in [-0.39, 0.29) is 19.1 Å². The zero-order valence-corrected chi connectivity index (χ0v) is 16.7. The van der Waals surface area contributed by atoms with E-state index in [4.69, 9.17) is 9.39 Å². The average molecular weight is 417 g/mol. The van der Waals surface area contributed by atoms with E-state index in [0.717, 1.165) is 11.1 Å². The second-order valence-corrected chi connectivity index (χ2v) is 7.85. The molecule has 2 aliphatic heterocycles. The minimum absolute atomic E-state index is 0.0153. The quantitative estimate of drug-likeness (QED) is 0.505. The minimum atomic E-state index is -1.11. The Balaban J connectivity index is 1.44. The number of carbonyl (C=O) groups excluding carboxylic acids is 1. The van der Waals surface area contributed by atoms with Gasteiger partial charge in [-0.1, -0.05) is 72.8 Å². The number of cyclic esters (lactones) is 1. The Kier molecular flexibility index (Phi) is 5.32. The summed E-state index contributed by atoms with van der Waals surface area (Å²) < 4.78 is 26.0. The number of carbonyl (C=O) groups is 1. The molecule has 0 saturated carbocycles. The third-order valence-corrected chi connectivity index (χ3v) is 5.93. The van der Waals surface area contributed by atoms with Gasteiger partial charge < -0.3 is 14.4 Å². The van der Waals surface area contributed by atoms with E-state index in [1.165, 1.54) is 0 Å². The number of rotatable bonds is 4. The molecule has 2 N–H and O–H groups in total. The zero-order valence-electron chi connectivity index (χ0n) is 16.7. The van der Waals surface area contributed by atoms with Crippen LogP contribution >= 0.6 is 0 Å². The summed E-state index contributed by atoms with van der Waals surface area (Å²) in [4.78, 5) is 12.9. The lowest BCUT2D eigenvalue weighted by atomic mass is 9.78. The summed E-state index contributed by atoms with van der Waals surface area (Å²) in [6.45, 7) is 0.0153. The van der Waals surface area contributed by atoms with Crippen molar-refractivity contribution in [2.24, 2.45) is 0 Å². The molecular formula is C24H21BFNO4. The molecule has 0 amide bonds. The van der Waals surface area contributed by atoms with Crippen LogP contribution in [0.1, 0.15) is 34.4 Å². The summed E-state index contributed by atoms with van der Waals surface area (Å²) in [7, 11) is -1.11. The van der Waals surface area contributed by atoms with E-state index >= 15 is 4.39 Å². The molecule has 3 aromatic rings. The third-order valence-electron chi connectivity index (χ3n) is 5.93. The SMILES string of the molecule is O=C1O[C@H](c2ccccc2)[C@H](c2ccccc2)N[C@H]1Cc1ccc2c(c1F)COB2O. The fraction of sp³-hybridized carbons (Fsp3) is 0.208. The van der Waals surface area contributed by atoms with E-state index in [1.54, 1.807) is 12.1 Å². The molecule has 3 aromatic carbocycles. The Hall–Kier alpha value is -3.00. The highest BCUT2D eigenvalue weighted by atomic mass is 19.1. The summed E-state index contributed by atoms with van der Waals surface area (Å²) in [6, 6.07) is 21.7. The van der Waals surface area contributed by atoms with Gasteiger partial charge >= 0.3 is 13.1 Å². The van der Waals surface area contributed by atoms with Crippen LogP contribution in [-0.4, -0.2) is 24.2 Å². The van der Waals surface area contributed by atoms with Crippen molar-refractivity contribution in [3.63, 3.8) is 0 Å². The van der Waals surface area contributed by atoms with Gasteiger partial charge in [0.25, 0.3) is 0 Å². The van der Waals surface area contributed by atoms with Gasteiger partial charge in [0.15, 0.2) is 0 Å². The number of nitrogens with one attached hydrogen (secondary N) is 1. The molecule has 2 heterocycles. The molecule has 31 heavy (non-hydrogen) atoms. The molecule has 5 nitrogen and oxygen atoms in total. The van der Waals surface area contributed by atoms with Gasteiger partial charge in [0.1, 0.15) is 18.0 Å². The summed E-state index contributed by atoms with van der Waals surface area (Å²) >= 11 is 0. The maximum Gasteiger partial charge on any atom is 0.491 e. The normalized spacial score (nSPS) is 22.8. The Morgan fingerprint density at radius 1 is 1.00 bits per heavy atom. The van der Waals surface area contributed by atoms with Gasteiger partial charge in [-0.3, -0.25) is 10.1 Å². The third kappa shape index (κ3) is 3.76. The Labute approximate surface area is 180 Å². The van der Waals surface area contributed by atoms with Gasteiger partial charge in [-0.05, 0) is 22.2 Å². The second-order valence-electron chi connectivity index (χ2n) is 7.85. The van der Waals surface area contributed by atoms with E-state index < -0.39 is 31.1 Å². The van der Waals surface area contributed by atoms with Crippen LogP contribution in [0.15, 0.2) is 72.8 Å². The molecular weight excluding hydrogens is 396 g/mol. The Morgan fingerprint density at radius 2 is 1.68 bits per heavy atom. The fourth-order valence-electron chi connectivity index (χ4n) is 4.32. The molecule has 0 aliphatic carbocycles. The van der Waals surface area contributed by atoms with Crippen LogP contribution in [0.2, 0.25) is 0 Å². The first-order valence-electron chi connectivity index (χ1n) is 10.3. The topological polar surface area (TPSA) is 67.8 Å². The summed E-state index contributed by atoms with van der Waals surface area (Å²) in [6.07, 6.45) is -0.348. The Morgan fingerprint density at radius 3 is 2.39 bits per heavy atom. The van der Waals surface area contributed by atoms with Crippen LogP contribution < -0.4 is 10.8 Å². The molecule has 1 saturated heterocycles. The largest absolute Gasteiger partial charge is 0.491 e. The molecule has 3 atom stereocenters. The van der Waals surface area contributed by atoms with Gasteiger partial charge in [0.2, 0.25) is 0 Å². The van der Waals surface area contributed by atoms with Crippen LogP contribution in [-0.2, 0) is 27.2 Å². The van der Waals surface area contributed by atoms with Crippen LogP contribution in [0.3, 0.4) is 0 Å². The highest BCUT2D eigenvalue weighted by Gasteiger charge is 2.39. The first kappa shape index (κ1) is 19.9. The molecule has 2 aliphatic rings. The summed E-state index contributed by atoms with van der Waals surface area (Å²) in [5.41, 5.74) is 3.05. The molecule has 1 fully saturated rings. The first-order chi connectivity index (χ1) is 15.1. The first-order valence-corrected chi connectivity index (χ1v) is 10.3. The number of hydrogen-bond acceptors (Lipinski definition) is 5. The van der Waals surface area contributed by atoms with Crippen molar-refractivity contribution >= 4 is 18.6 Å². The predicted molar refractivity (Wildman–Crippen MR) is 114 cm³/mol. The van der Waals surface area contributed by atoms with Gasteiger partial charge in [-0.25, -0.2) is 4.39 Å². The molecule has 0 radical (unpaired) electrons. The summed E-state index contributed by atoms with van der Waals surface area (Å²) in [5, 5.41) is 13.2. The minimum Gasteiger partial charge on any atom is -0.454 e. The number of esters is 1. The van der Waals surface area contributed by atoms with E-state index in [2.05, 4.69) is 5.32 Å². The number of fused-ring (bicyclic) bond motifs is 1. The van der Waals surface area contributed by atoms with E-state index in [9.17, 15) is 9.82 Å². The molecule has 5 rings (SSSR count). The van der Waals surface area contributed by atoms with Gasteiger partial charge in [0, 0.05) is 12.0 Å². The zero-order chi connectivity index (χ0) is 21.4. The number of morpholine rings is 1. The highest BCUT2D eigenvalue weighted by Crippen LogP contribution is 2.36. The fourth-order valence-corrected chi connectivity index (χ4v) is 4.32. The monoisotopic (exact) mass is 417 g/mol. The second kappa shape index (κ2) is 8.27. The van der Waals surface area contributed by atoms with Crippen molar-refractivity contribution in [1.82, 2.24) is 5.32 Å². The highest BCUT2D eigenvalue weighted by molar-refractivity contribution is 6.61. The number of benzene rings is 3. The molecule has 0 unspecified atom stereocenters. The smallest absolute Gasteiger partial charge is 0.454 e. The average Bonchev–Trinajstić information content (AvgIpc) is 3.19. The lowest BCUT2D eigenvalue weighted by Gasteiger charge is -2.37. The van der Waals surface area contributed by atoms with E-state index in [0.29, 0.717) is 16.6 Å². The van der Waals surface area contributed by atoms with Crippen LogP contribution in [0.4, 0.5) is 4.39 Å². The van der Waals surface area contributed by atoms with Crippen LogP contribution in [0, 0.1) is 5.82 Å². The molecule has 0 spiro atoms. The van der Waals surface area contributed by atoms with Crippen molar-refractivity contribution in [3.8, 4) is 0 Å². The van der Waals surface area contributed by atoms with E-state index in [1.807, 2.05) is 60.7 Å². The van der Waals surface area contributed by atoms with Crippen LogP contribution in [0.5, 0.6) is 0 Å². The van der Waals surface area contributed by atoms with Crippen molar-refractivity contribution in [3.05, 3.63) is 101 Å². The maximum absolute atomic E-state index is 15.0. The lowest BCUT2D eigenvalue weighted by molar-refractivity contribution is -0.160. The maximum atomic E-state index is 15.0. The molecule has 156 valence electrons. The lowest BCUT2D eigenvalue weighted by Crippen LogP contribution is -2.50. The standard InChI is InChI=1S/C24H21BFNO4/c26-21-17(11-12-19-18(21)14-30-25(19)29)13-20-24(28)31-23(16-9-5-2-6-10-16)22(27-20)15-7-3-1-4-8-15/h1-12,20,22-23,27,29H,13-14H2/t20-,22-,23+/m0/s1. The van der Waals surface area contributed by atoms with Crippen molar-refractivity contribution in [1.29, 1.82) is 0 Å². The van der Waals surface area contributed by atoms with Crippen LogP contribution in [0.25, 0.3) is 0 Å². The van der Waals surface area contributed by atoms with Gasteiger partial charge in [-0.15, -0.1) is 0 Å². The van der Waals surface area contributed by atoms with Gasteiger partial charge in [-0.2, -0.15) is 0 Å². The number of halogens is 1. The molecule has 0 bridgehead atoms. The predicted octanol–water partition coefficient (Wildman–Crippen LogP) is 2.58. The summed E-state index contributed by atoms with van der Waals surface area (Å²) in [5.74, 6) is -0.859.